The van der Waals surface area contributed by atoms with Crippen LogP contribution in [0.1, 0.15) is 0 Å². The number of nitrogens with zero attached hydrogens (tertiary/aromatic N) is 1. The quantitative estimate of drug-likeness (QED) is 0.659. The van der Waals surface area contributed by atoms with E-state index in [1.54, 1.807) is 12.1 Å². The third-order valence-corrected chi connectivity index (χ3v) is 2.34. The molecule has 7 heteroatoms. The van der Waals surface area contributed by atoms with Gasteiger partial charge in [0.1, 0.15) is 5.75 Å². The van der Waals surface area contributed by atoms with E-state index in [-0.39, 0.29) is 11.4 Å². The molecule has 2 aromatic rings. The summed E-state index contributed by atoms with van der Waals surface area (Å²) < 4.78 is 4.94. The summed E-state index contributed by atoms with van der Waals surface area (Å²) in [7, 11) is 0. The van der Waals surface area contributed by atoms with Crippen LogP contribution in [0.2, 0.25) is 0 Å². The number of benzene rings is 2. The van der Waals surface area contributed by atoms with E-state index in [2.05, 4.69) is 10.9 Å². The molecule has 20 heavy (non-hydrogen) atoms. The maximum absolute atomic E-state index is 11.5. The number of carbonyl (C=O) groups excluding carboxylic acids is 1. The Morgan fingerprint density at radius 1 is 1.05 bits per heavy atom. The standard InChI is InChI=1S/C13H11N3O4/c17-13(15-14-10-4-2-1-3-5-10)20-12-8-6-11(7-9-12)16(18)19/h1-9,14H,(H,15,17). The van der Waals surface area contributed by atoms with Gasteiger partial charge in [0.15, 0.2) is 0 Å². The van der Waals surface area contributed by atoms with E-state index in [1.165, 1.54) is 24.3 Å². The fraction of sp³-hybridized carbons (Fsp3) is 0. The van der Waals surface area contributed by atoms with E-state index in [4.69, 9.17) is 4.74 Å². The van der Waals surface area contributed by atoms with Crippen LogP contribution in [0, 0.1) is 10.1 Å². The molecule has 2 aromatic carbocycles. The summed E-state index contributed by atoms with van der Waals surface area (Å²) in [6.07, 6.45) is -0.720. The minimum absolute atomic E-state index is 0.0693. The van der Waals surface area contributed by atoms with Crippen molar-refractivity contribution in [3.05, 3.63) is 64.7 Å². The zero-order chi connectivity index (χ0) is 14.4. The van der Waals surface area contributed by atoms with Crippen LogP contribution in [0.4, 0.5) is 16.2 Å². The number of hydrazine groups is 1. The van der Waals surface area contributed by atoms with E-state index < -0.39 is 11.0 Å². The monoisotopic (exact) mass is 273 g/mol. The van der Waals surface area contributed by atoms with Crippen LogP contribution in [-0.2, 0) is 0 Å². The second kappa shape index (κ2) is 6.19. The highest BCUT2D eigenvalue weighted by molar-refractivity contribution is 5.72. The third-order valence-electron chi connectivity index (χ3n) is 2.34. The number of carbonyl (C=O) groups is 1. The smallest absolute Gasteiger partial charge is 0.409 e. The summed E-state index contributed by atoms with van der Waals surface area (Å²) in [4.78, 5) is 21.4. The summed E-state index contributed by atoms with van der Waals surface area (Å²) in [5, 5.41) is 10.5. The molecule has 0 heterocycles. The number of nitro benzene ring substituents is 1. The normalized spacial score (nSPS) is 9.60. The number of hydrogen-bond donors (Lipinski definition) is 2. The second-order valence-corrected chi connectivity index (χ2v) is 3.76. The molecule has 0 aliphatic carbocycles. The summed E-state index contributed by atoms with van der Waals surface area (Å²) in [5.41, 5.74) is 5.63. The lowest BCUT2D eigenvalue weighted by atomic mass is 10.3. The van der Waals surface area contributed by atoms with Gasteiger partial charge in [-0.3, -0.25) is 15.5 Å². The summed E-state index contributed by atoms with van der Waals surface area (Å²) in [6, 6.07) is 14.2. The van der Waals surface area contributed by atoms with Crippen LogP contribution >= 0.6 is 0 Å². The average molecular weight is 273 g/mol. The Balaban J connectivity index is 1.86. The van der Waals surface area contributed by atoms with Crippen molar-refractivity contribution in [1.29, 1.82) is 0 Å². The molecule has 0 saturated heterocycles. The largest absolute Gasteiger partial charge is 0.431 e. The molecule has 0 unspecified atom stereocenters. The molecular weight excluding hydrogens is 262 g/mol. The maximum atomic E-state index is 11.5. The lowest BCUT2D eigenvalue weighted by Gasteiger charge is -2.08. The first-order chi connectivity index (χ1) is 9.65. The number of hydrogen-bond acceptors (Lipinski definition) is 5. The summed E-state index contributed by atoms with van der Waals surface area (Å²) in [5.74, 6) is 0.211. The number of ether oxygens (including phenoxy) is 1. The van der Waals surface area contributed by atoms with Gasteiger partial charge in [-0.2, -0.15) is 0 Å². The second-order valence-electron chi connectivity index (χ2n) is 3.76. The molecule has 0 saturated carbocycles. The van der Waals surface area contributed by atoms with Crippen LogP contribution in [0.3, 0.4) is 0 Å². The van der Waals surface area contributed by atoms with Crippen LogP contribution in [0.5, 0.6) is 5.75 Å². The van der Waals surface area contributed by atoms with Crippen molar-refractivity contribution in [3.63, 3.8) is 0 Å². The Hall–Kier alpha value is -3.09. The van der Waals surface area contributed by atoms with Crippen molar-refractivity contribution < 1.29 is 14.5 Å². The molecule has 0 fully saturated rings. The highest BCUT2D eigenvalue weighted by Gasteiger charge is 2.07. The summed E-state index contributed by atoms with van der Waals surface area (Å²) >= 11 is 0. The van der Waals surface area contributed by atoms with E-state index in [9.17, 15) is 14.9 Å². The van der Waals surface area contributed by atoms with Crippen molar-refractivity contribution in [1.82, 2.24) is 5.43 Å². The SMILES string of the molecule is O=C(NNc1ccccc1)Oc1ccc([N+](=O)[O-])cc1. The topological polar surface area (TPSA) is 93.5 Å². The zero-order valence-electron chi connectivity index (χ0n) is 10.3. The third kappa shape index (κ3) is 3.70. The molecule has 2 rings (SSSR count). The number of nitro groups is 1. The van der Waals surface area contributed by atoms with E-state index in [1.807, 2.05) is 18.2 Å². The minimum atomic E-state index is -0.720. The lowest BCUT2D eigenvalue weighted by molar-refractivity contribution is -0.384. The molecule has 102 valence electrons. The predicted octanol–water partition coefficient (Wildman–Crippen LogP) is 2.71. The van der Waals surface area contributed by atoms with Crippen LogP contribution in [0.15, 0.2) is 54.6 Å². The molecule has 0 atom stereocenters. The van der Waals surface area contributed by atoms with E-state index >= 15 is 0 Å². The van der Waals surface area contributed by atoms with Crippen molar-refractivity contribution >= 4 is 17.5 Å². The zero-order valence-corrected chi connectivity index (χ0v) is 10.3. The average Bonchev–Trinajstić information content (AvgIpc) is 2.47. The number of nitrogens with one attached hydrogen (secondary N) is 2. The Bertz CT molecular complexity index is 599. The number of non-ortho nitro benzene ring substituents is 1. The van der Waals surface area contributed by atoms with Gasteiger partial charge >= 0.3 is 6.09 Å². The molecule has 7 nitrogen and oxygen atoms in total. The molecule has 2 N–H and O–H groups in total. The highest BCUT2D eigenvalue weighted by atomic mass is 16.6. The van der Waals surface area contributed by atoms with Gasteiger partial charge in [-0.25, -0.2) is 10.2 Å². The van der Waals surface area contributed by atoms with Crippen LogP contribution in [0.25, 0.3) is 0 Å². The highest BCUT2D eigenvalue weighted by Crippen LogP contribution is 2.17. The molecule has 0 aromatic heterocycles. The Morgan fingerprint density at radius 2 is 1.70 bits per heavy atom. The Morgan fingerprint density at radius 3 is 2.30 bits per heavy atom. The molecule has 0 bridgehead atoms. The van der Waals surface area contributed by atoms with Crippen molar-refractivity contribution in [2.24, 2.45) is 0 Å². The summed E-state index contributed by atoms with van der Waals surface area (Å²) in [6.45, 7) is 0. The maximum Gasteiger partial charge on any atom is 0.431 e. The van der Waals surface area contributed by atoms with Gasteiger partial charge in [-0.15, -0.1) is 0 Å². The number of anilines is 1. The van der Waals surface area contributed by atoms with E-state index in [0.717, 1.165) is 0 Å². The van der Waals surface area contributed by atoms with Gasteiger partial charge in [-0.05, 0) is 24.3 Å². The predicted molar refractivity (Wildman–Crippen MR) is 72.3 cm³/mol. The molecule has 0 aliphatic heterocycles. The van der Waals surface area contributed by atoms with Gasteiger partial charge in [0.2, 0.25) is 0 Å². The fourth-order valence-corrected chi connectivity index (χ4v) is 1.41. The number of rotatable bonds is 4. The van der Waals surface area contributed by atoms with Gasteiger partial charge < -0.3 is 4.74 Å². The fourth-order valence-electron chi connectivity index (χ4n) is 1.41. The van der Waals surface area contributed by atoms with Gasteiger partial charge in [0, 0.05) is 12.1 Å². The molecular formula is C13H11N3O4. The number of amides is 1. The molecule has 1 amide bonds. The van der Waals surface area contributed by atoms with Crippen LogP contribution < -0.4 is 15.6 Å². The Kier molecular flexibility index (Phi) is 4.13. The Labute approximate surface area is 114 Å². The van der Waals surface area contributed by atoms with Gasteiger partial charge in [-0.1, -0.05) is 18.2 Å². The minimum Gasteiger partial charge on any atom is -0.409 e. The lowest BCUT2D eigenvalue weighted by Crippen LogP contribution is -2.32. The van der Waals surface area contributed by atoms with Gasteiger partial charge in [0.25, 0.3) is 5.69 Å². The van der Waals surface area contributed by atoms with E-state index in [0.29, 0.717) is 5.69 Å². The molecule has 0 spiro atoms. The number of para-hydroxylation sites is 1. The van der Waals surface area contributed by atoms with Crippen LogP contribution in [-0.4, -0.2) is 11.0 Å². The van der Waals surface area contributed by atoms with Crippen molar-refractivity contribution in [2.75, 3.05) is 5.43 Å². The first-order valence-corrected chi connectivity index (χ1v) is 5.68. The van der Waals surface area contributed by atoms with Gasteiger partial charge in [0.05, 0.1) is 10.6 Å². The molecule has 0 radical (unpaired) electrons. The van der Waals surface area contributed by atoms with Crippen molar-refractivity contribution in [2.45, 2.75) is 0 Å². The van der Waals surface area contributed by atoms with Crippen molar-refractivity contribution in [3.8, 4) is 5.75 Å². The first kappa shape index (κ1) is 13.3. The first-order valence-electron chi connectivity index (χ1n) is 5.68. The molecule has 0 aliphatic rings.